The Balaban J connectivity index is 1.73. The number of amides is 1. The second-order valence-corrected chi connectivity index (χ2v) is 5.99. The van der Waals surface area contributed by atoms with E-state index in [2.05, 4.69) is 29.2 Å². The Kier molecular flexibility index (Phi) is 3.10. The van der Waals surface area contributed by atoms with Crippen molar-refractivity contribution in [1.29, 1.82) is 0 Å². The molecule has 1 saturated heterocycles. The minimum atomic E-state index is 0.283. The van der Waals surface area contributed by atoms with Crippen LogP contribution in [0.25, 0.3) is 0 Å². The molecule has 1 fully saturated rings. The van der Waals surface area contributed by atoms with Gasteiger partial charge in [-0.1, -0.05) is 24.3 Å². The molecule has 0 radical (unpaired) electrons. The Morgan fingerprint density at radius 2 is 2.12 bits per heavy atom. The monoisotopic (exact) mass is 247 g/mol. The van der Waals surface area contributed by atoms with Crippen molar-refractivity contribution >= 4 is 17.7 Å². The van der Waals surface area contributed by atoms with E-state index in [1.807, 2.05) is 11.8 Å². The molecule has 2 aliphatic heterocycles. The number of hydrogen-bond donors (Lipinski definition) is 0. The van der Waals surface area contributed by atoms with Gasteiger partial charge in [0.2, 0.25) is 5.91 Å². The molecular weight excluding hydrogens is 230 g/mol. The lowest BCUT2D eigenvalue weighted by atomic mass is 9.98. The molecule has 2 nitrogen and oxygen atoms in total. The molecule has 0 N–H and O–H groups in total. The van der Waals surface area contributed by atoms with Gasteiger partial charge in [0.25, 0.3) is 0 Å². The fourth-order valence-corrected chi connectivity index (χ4v) is 3.88. The minimum absolute atomic E-state index is 0.283. The Morgan fingerprint density at radius 1 is 1.29 bits per heavy atom. The van der Waals surface area contributed by atoms with Gasteiger partial charge in [-0.2, -0.15) is 11.8 Å². The highest BCUT2D eigenvalue weighted by Gasteiger charge is 2.29. The van der Waals surface area contributed by atoms with E-state index in [9.17, 15) is 4.79 Å². The molecule has 1 aromatic carbocycles. The molecule has 2 aliphatic rings. The van der Waals surface area contributed by atoms with Crippen LogP contribution >= 0.6 is 11.8 Å². The summed E-state index contributed by atoms with van der Waals surface area (Å²) >= 11 is 1.91. The van der Waals surface area contributed by atoms with Gasteiger partial charge in [-0.05, 0) is 29.7 Å². The zero-order valence-electron chi connectivity index (χ0n) is 9.89. The number of nitrogens with zero attached hydrogens (tertiary/aromatic N) is 1. The van der Waals surface area contributed by atoms with Gasteiger partial charge in [-0.3, -0.25) is 4.79 Å². The van der Waals surface area contributed by atoms with E-state index in [0.29, 0.717) is 5.91 Å². The summed E-state index contributed by atoms with van der Waals surface area (Å²) < 4.78 is 0. The quantitative estimate of drug-likeness (QED) is 0.759. The molecule has 3 heteroatoms. The Hall–Kier alpha value is -0.960. The van der Waals surface area contributed by atoms with E-state index in [0.717, 1.165) is 37.4 Å². The summed E-state index contributed by atoms with van der Waals surface area (Å²) in [5.41, 5.74) is 2.75. The standard InChI is InChI=1S/C14H17NOS/c16-14(13-6-8-17-10-13)15-7-5-11-3-1-2-4-12(11)9-15/h1-4,13H,5-10H2. The summed E-state index contributed by atoms with van der Waals surface area (Å²) in [5.74, 6) is 2.84. The lowest BCUT2D eigenvalue weighted by Crippen LogP contribution is -2.39. The molecule has 3 rings (SSSR count). The summed E-state index contributed by atoms with van der Waals surface area (Å²) in [4.78, 5) is 14.4. The third kappa shape index (κ3) is 2.21. The van der Waals surface area contributed by atoms with E-state index >= 15 is 0 Å². The molecule has 1 unspecified atom stereocenters. The van der Waals surface area contributed by atoms with Gasteiger partial charge in [-0.15, -0.1) is 0 Å². The van der Waals surface area contributed by atoms with Gasteiger partial charge in [0.15, 0.2) is 0 Å². The molecule has 90 valence electrons. The molecule has 17 heavy (non-hydrogen) atoms. The van der Waals surface area contributed by atoms with Crippen LogP contribution < -0.4 is 0 Å². The van der Waals surface area contributed by atoms with Gasteiger partial charge in [-0.25, -0.2) is 0 Å². The van der Waals surface area contributed by atoms with Crippen LogP contribution in [0.3, 0.4) is 0 Å². The van der Waals surface area contributed by atoms with Gasteiger partial charge >= 0.3 is 0 Å². The number of fused-ring (bicyclic) bond motifs is 1. The number of carbonyl (C=O) groups excluding carboxylic acids is 1. The molecule has 0 bridgehead atoms. The van der Waals surface area contributed by atoms with Crippen LogP contribution in [-0.4, -0.2) is 28.9 Å². The average Bonchev–Trinajstić information content (AvgIpc) is 2.91. The van der Waals surface area contributed by atoms with Gasteiger partial charge < -0.3 is 4.90 Å². The maximum Gasteiger partial charge on any atom is 0.226 e. The van der Waals surface area contributed by atoms with Crippen molar-refractivity contribution in [2.75, 3.05) is 18.1 Å². The third-order valence-electron chi connectivity index (χ3n) is 3.72. The Labute approximate surface area is 106 Å². The van der Waals surface area contributed by atoms with Gasteiger partial charge in [0.1, 0.15) is 0 Å². The highest BCUT2D eigenvalue weighted by molar-refractivity contribution is 7.99. The second kappa shape index (κ2) is 4.73. The highest BCUT2D eigenvalue weighted by atomic mass is 32.2. The first-order valence-corrected chi connectivity index (χ1v) is 7.43. The van der Waals surface area contributed by atoms with Crippen molar-refractivity contribution < 1.29 is 4.79 Å². The van der Waals surface area contributed by atoms with Crippen molar-refractivity contribution in [3.8, 4) is 0 Å². The van der Waals surface area contributed by atoms with Crippen LogP contribution in [0.4, 0.5) is 0 Å². The largest absolute Gasteiger partial charge is 0.338 e. The van der Waals surface area contributed by atoms with E-state index in [1.165, 1.54) is 11.1 Å². The molecule has 1 atom stereocenters. The SMILES string of the molecule is O=C(C1CCSC1)N1CCc2ccccc2C1. The predicted octanol–water partition coefficient (Wildman–Crippen LogP) is 2.32. The molecular formula is C14H17NOS. The van der Waals surface area contributed by atoms with Gasteiger partial charge in [0.05, 0.1) is 0 Å². The normalized spacial score (nSPS) is 23.5. The first kappa shape index (κ1) is 11.1. The lowest BCUT2D eigenvalue weighted by Gasteiger charge is -2.30. The molecule has 0 saturated carbocycles. The van der Waals surface area contributed by atoms with E-state index in [-0.39, 0.29) is 5.92 Å². The van der Waals surface area contributed by atoms with Crippen molar-refractivity contribution in [2.45, 2.75) is 19.4 Å². The van der Waals surface area contributed by atoms with Crippen molar-refractivity contribution in [1.82, 2.24) is 4.90 Å². The van der Waals surface area contributed by atoms with Crippen LogP contribution in [0.1, 0.15) is 17.5 Å². The number of carbonyl (C=O) groups is 1. The highest BCUT2D eigenvalue weighted by Crippen LogP contribution is 2.27. The maximum absolute atomic E-state index is 12.3. The molecule has 0 aliphatic carbocycles. The van der Waals surface area contributed by atoms with Crippen LogP contribution in [0.2, 0.25) is 0 Å². The number of hydrogen-bond acceptors (Lipinski definition) is 2. The fourth-order valence-electron chi connectivity index (χ4n) is 2.67. The van der Waals surface area contributed by atoms with Crippen molar-refractivity contribution in [2.24, 2.45) is 5.92 Å². The van der Waals surface area contributed by atoms with Crippen LogP contribution in [0.15, 0.2) is 24.3 Å². The molecule has 2 heterocycles. The first-order chi connectivity index (χ1) is 8.34. The summed E-state index contributed by atoms with van der Waals surface area (Å²) in [6.07, 6.45) is 2.09. The minimum Gasteiger partial charge on any atom is -0.338 e. The van der Waals surface area contributed by atoms with E-state index in [4.69, 9.17) is 0 Å². The topological polar surface area (TPSA) is 20.3 Å². The zero-order valence-corrected chi connectivity index (χ0v) is 10.7. The van der Waals surface area contributed by atoms with E-state index in [1.54, 1.807) is 0 Å². The molecule has 1 aromatic rings. The summed E-state index contributed by atoms with van der Waals surface area (Å²) in [6, 6.07) is 8.49. The Bertz CT molecular complexity index is 426. The third-order valence-corrected chi connectivity index (χ3v) is 4.88. The van der Waals surface area contributed by atoms with Crippen LogP contribution in [0.5, 0.6) is 0 Å². The van der Waals surface area contributed by atoms with Crippen molar-refractivity contribution in [3.05, 3.63) is 35.4 Å². The second-order valence-electron chi connectivity index (χ2n) is 4.84. The molecule has 0 spiro atoms. The number of benzene rings is 1. The average molecular weight is 247 g/mol. The van der Waals surface area contributed by atoms with Crippen LogP contribution in [-0.2, 0) is 17.8 Å². The van der Waals surface area contributed by atoms with Crippen LogP contribution in [0, 0.1) is 5.92 Å². The zero-order chi connectivity index (χ0) is 11.7. The Morgan fingerprint density at radius 3 is 2.88 bits per heavy atom. The predicted molar refractivity (Wildman–Crippen MR) is 71.0 cm³/mol. The summed E-state index contributed by atoms with van der Waals surface area (Å²) in [7, 11) is 0. The van der Waals surface area contributed by atoms with Crippen molar-refractivity contribution in [3.63, 3.8) is 0 Å². The van der Waals surface area contributed by atoms with E-state index < -0.39 is 0 Å². The molecule has 0 aromatic heterocycles. The smallest absolute Gasteiger partial charge is 0.226 e. The number of thioether (sulfide) groups is 1. The lowest BCUT2D eigenvalue weighted by molar-refractivity contribution is -0.135. The fraction of sp³-hybridized carbons (Fsp3) is 0.500. The van der Waals surface area contributed by atoms with Gasteiger partial charge in [0, 0.05) is 24.8 Å². The molecule has 1 amide bonds. The first-order valence-electron chi connectivity index (χ1n) is 6.28. The summed E-state index contributed by atoms with van der Waals surface area (Å²) in [5, 5.41) is 0. The number of rotatable bonds is 1. The summed E-state index contributed by atoms with van der Waals surface area (Å²) in [6.45, 7) is 1.72. The maximum atomic E-state index is 12.3.